The molecule has 0 amide bonds. The standard InChI is InChI=1S/C11H10O5/c12-9(7-3-1-5-15-7)11(14)10(13)8-4-2-6-16-8/h1-6,9-10,12-13H. The summed E-state index contributed by atoms with van der Waals surface area (Å²) in [6, 6.07) is 6.01. The highest BCUT2D eigenvalue weighted by Crippen LogP contribution is 2.23. The van der Waals surface area contributed by atoms with Crippen LogP contribution in [0.5, 0.6) is 0 Å². The normalized spacial score (nSPS) is 14.6. The maximum Gasteiger partial charge on any atom is 0.205 e. The number of ketones is 1. The van der Waals surface area contributed by atoms with Crippen LogP contribution in [-0.2, 0) is 4.79 Å². The van der Waals surface area contributed by atoms with Crippen LogP contribution in [0.1, 0.15) is 23.7 Å². The molecule has 2 rings (SSSR count). The van der Waals surface area contributed by atoms with Gasteiger partial charge in [-0.25, -0.2) is 0 Å². The molecule has 2 heterocycles. The summed E-state index contributed by atoms with van der Waals surface area (Å²) in [4.78, 5) is 11.6. The number of hydrogen-bond acceptors (Lipinski definition) is 5. The van der Waals surface area contributed by atoms with Crippen molar-refractivity contribution in [1.82, 2.24) is 0 Å². The van der Waals surface area contributed by atoms with Crippen molar-refractivity contribution in [1.29, 1.82) is 0 Å². The van der Waals surface area contributed by atoms with Gasteiger partial charge in [-0.3, -0.25) is 4.79 Å². The zero-order valence-corrected chi connectivity index (χ0v) is 8.24. The van der Waals surface area contributed by atoms with Crippen LogP contribution in [0.15, 0.2) is 45.6 Å². The zero-order valence-electron chi connectivity index (χ0n) is 8.24. The minimum absolute atomic E-state index is 0.0932. The maximum atomic E-state index is 11.6. The van der Waals surface area contributed by atoms with Crippen molar-refractivity contribution in [2.24, 2.45) is 0 Å². The summed E-state index contributed by atoms with van der Waals surface area (Å²) in [5, 5.41) is 19.2. The van der Waals surface area contributed by atoms with Crippen LogP contribution in [0.25, 0.3) is 0 Å². The molecule has 0 spiro atoms. The van der Waals surface area contributed by atoms with E-state index >= 15 is 0 Å². The van der Waals surface area contributed by atoms with E-state index in [-0.39, 0.29) is 11.5 Å². The van der Waals surface area contributed by atoms with Crippen molar-refractivity contribution in [2.45, 2.75) is 12.2 Å². The molecule has 0 fully saturated rings. The van der Waals surface area contributed by atoms with Crippen molar-refractivity contribution in [3.63, 3.8) is 0 Å². The molecule has 5 heteroatoms. The van der Waals surface area contributed by atoms with Crippen LogP contribution in [0, 0.1) is 0 Å². The van der Waals surface area contributed by atoms with Crippen molar-refractivity contribution in [3.05, 3.63) is 48.3 Å². The van der Waals surface area contributed by atoms with Crippen LogP contribution in [-0.4, -0.2) is 16.0 Å². The molecule has 2 unspecified atom stereocenters. The second-order valence-electron chi connectivity index (χ2n) is 3.24. The van der Waals surface area contributed by atoms with Crippen molar-refractivity contribution < 1.29 is 23.8 Å². The van der Waals surface area contributed by atoms with Crippen LogP contribution >= 0.6 is 0 Å². The first-order valence-electron chi connectivity index (χ1n) is 4.67. The highest BCUT2D eigenvalue weighted by Gasteiger charge is 2.29. The van der Waals surface area contributed by atoms with Gasteiger partial charge in [0.15, 0.2) is 12.2 Å². The van der Waals surface area contributed by atoms with E-state index in [9.17, 15) is 15.0 Å². The Hall–Kier alpha value is -1.85. The summed E-state index contributed by atoms with van der Waals surface area (Å²) in [6.45, 7) is 0. The zero-order chi connectivity index (χ0) is 11.5. The molecule has 0 saturated carbocycles. The van der Waals surface area contributed by atoms with Gasteiger partial charge in [0.25, 0.3) is 0 Å². The van der Waals surface area contributed by atoms with E-state index in [2.05, 4.69) is 0 Å². The lowest BCUT2D eigenvalue weighted by atomic mass is 10.1. The predicted molar refractivity (Wildman–Crippen MR) is 52.3 cm³/mol. The number of furan rings is 2. The van der Waals surface area contributed by atoms with Crippen LogP contribution < -0.4 is 0 Å². The molecule has 0 bridgehead atoms. The fourth-order valence-electron chi connectivity index (χ4n) is 1.32. The molecule has 2 aromatic heterocycles. The lowest BCUT2D eigenvalue weighted by molar-refractivity contribution is -0.138. The van der Waals surface area contributed by atoms with E-state index in [4.69, 9.17) is 8.83 Å². The first kappa shape index (κ1) is 10.7. The number of Topliss-reactive ketones (excluding diaryl/α,β-unsaturated/α-hetero) is 1. The highest BCUT2D eigenvalue weighted by atomic mass is 16.4. The molecule has 2 N–H and O–H groups in total. The lowest BCUT2D eigenvalue weighted by Gasteiger charge is -2.10. The lowest BCUT2D eigenvalue weighted by Crippen LogP contribution is -2.19. The molecule has 0 radical (unpaired) electrons. The van der Waals surface area contributed by atoms with Gasteiger partial charge in [-0.2, -0.15) is 0 Å². The van der Waals surface area contributed by atoms with E-state index in [1.165, 1.54) is 24.7 Å². The SMILES string of the molecule is O=C(C(O)c1ccco1)C(O)c1ccco1. The molecule has 0 aliphatic carbocycles. The third kappa shape index (κ3) is 1.91. The molecule has 2 aromatic rings. The van der Waals surface area contributed by atoms with Crippen molar-refractivity contribution in [3.8, 4) is 0 Å². The molecule has 0 saturated heterocycles. The summed E-state index contributed by atoms with van der Waals surface area (Å²) in [7, 11) is 0. The Bertz CT molecular complexity index is 400. The third-order valence-corrected chi connectivity index (χ3v) is 2.16. The van der Waals surface area contributed by atoms with E-state index in [1.807, 2.05) is 0 Å². The van der Waals surface area contributed by atoms with Crippen molar-refractivity contribution >= 4 is 5.78 Å². The number of aliphatic hydroxyl groups is 2. The highest BCUT2D eigenvalue weighted by molar-refractivity contribution is 5.87. The molecular weight excluding hydrogens is 212 g/mol. The second kappa shape index (κ2) is 4.34. The van der Waals surface area contributed by atoms with Gasteiger partial charge in [0, 0.05) is 0 Å². The smallest absolute Gasteiger partial charge is 0.205 e. The Morgan fingerprint density at radius 3 is 1.75 bits per heavy atom. The fraction of sp³-hybridized carbons (Fsp3) is 0.182. The van der Waals surface area contributed by atoms with Gasteiger partial charge in [0.2, 0.25) is 5.78 Å². The summed E-state index contributed by atoms with van der Waals surface area (Å²) in [5.41, 5.74) is 0. The van der Waals surface area contributed by atoms with E-state index < -0.39 is 18.0 Å². The minimum atomic E-state index is -1.49. The molecule has 2 atom stereocenters. The van der Waals surface area contributed by atoms with Crippen LogP contribution in [0.3, 0.4) is 0 Å². The Morgan fingerprint density at radius 1 is 1.00 bits per heavy atom. The van der Waals surface area contributed by atoms with Gasteiger partial charge in [0.1, 0.15) is 11.5 Å². The third-order valence-electron chi connectivity index (χ3n) is 2.16. The molecule has 84 valence electrons. The molecule has 5 nitrogen and oxygen atoms in total. The average molecular weight is 222 g/mol. The summed E-state index contributed by atoms with van der Waals surface area (Å²) >= 11 is 0. The Balaban J connectivity index is 2.14. The molecule has 16 heavy (non-hydrogen) atoms. The molecule has 0 aliphatic heterocycles. The van der Waals surface area contributed by atoms with Gasteiger partial charge < -0.3 is 19.0 Å². The molecule has 0 aromatic carbocycles. The van der Waals surface area contributed by atoms with Gasteiger partial charge in [-0.1, -0.05) is 0 Å². The fourth-order valence-corrected chi connectivity index (χ4v) is 1.32. The second-order valence-corrected chi connectivity index (χ2v) is 3.24. The summed E-state index contributed by atoms with van der Waals surface area (Å²) in [5.74, 6) is -0.601. The van der Waals surface area contributed by atoms with E-state index in [0.29, 0.717) is 0 Å². The quantitative estimate of drug-likeness (QED) is 0.812. The number of carbonyl (C=O) groups excluding carboxylic acids is 1. The number of aliphatic hydroxyl groups excluding tert-OH is 2. The Labute approximate surface area is 90.9 Å². The van der Waals surface area contributed by atoms with Crippen LogP contribution in [0.4, 0.5) is 0 Å². The maximum absolute atomic E-state index is 11.6. The van der Waals surface area contributed by atoms with Gasteiger partial charge in [-0.05, 0) is 24.3 Å². The topological polar surface area (TPSA) is 83.8 Å². The predicted octanol–water partition coefficient (Wildman–Crippen LogP) is 1.21. The molecule has 0 aliphatic rings. The van der Waals surface area contributed by atoms with Gasteiger partial charge in [0.05, 0.1) is 12.5 Å². The first-order valence-corrected chi connectivity index (χ1v) is 4.67. The van der Waals surface area contributed by atoms with Gasteiger partial charge >= 0.3 is 0 Å². The largest absolute Gasteiger partial charge is 0.466 e. The van der Waals surface area contributed by atoms with E-state index in [1.54, 1.807) is 12.1 Å². The van der Waals surface area contributed by atoms with Gasteiger partial charge in [-0.15, -0.1) is 0 Å². The summed E-state index contributed by atoms with van der Waals surface area (Å²) < 4.78 is 9.74. The first-order chi connectivity index (χ1) is 7.70. The number of carbonyl (C=O) groups is 1. The monoisotopic (exact) mass is 222 g/mol. The number of rotatable bonds is 4. The van der Waals surface area contributed by atoms with E-state index in [0.717, 1.165) is 0 Å². The minimum Gasteiger partial charge on any atom is -0.466 e. The summed E-state index contributed by atoms with van der Waals surface area (Å²) in [6.07, 6.45) is -0.304. The van der Waals surface area contributed by atoms with Crippen LogP contribution in [0.2, 0.25) is 0 Å². The van der Waals surface area contributed by atoms with Crippen molar-refractivity contribution in [2.75, 3.05) is 0 Å². The Kier molecular flexibility index (Phi) is 2.89. The molecular formula is C11H10O5. The number of hydrogen-bond donors (Lipinski definition) is 2. The Morgan fingerprint density at radius 2 is 1.44 bits per heavy atom. The average Bonchev–Trinajstić information content (AvgIpc) is 2.97.